The summed E-state index contributed by atoms with van der Waals surface area (Å²) in [7, 11) is -1.63. The van der Waals surface area contributed by atoms with Gasteiger partial charge in [0.1, 0.15) is 0 Å². The number of fused-ring (bicyclic) bond motifs is 1. The Morgan fingerprint density at radius 1 is 1.03 bits per heavy atom. The Kier molecular flexibility index (Phi) is 12.1. The smallest absolute Gasteiger partial charge is 0.240 e. The van der Waals surface area contributed by atoms with Gasteiger partial charge >= 0.3 is 0 Å². The normalized spacial score (nSPS) is 15.8. The summed E-state index contributed by atoms with van der Waals surface area (Å²) in [6.45, 7) is 4.33. The molecule has 0 bridgehead atoms. The molecule has 0 radical (unpaired) electrons. The Morgan fingerprint density at radius 2 is 1.63 bits per heavy atom. The van der Waals surface area contributed by atoms with Gasteiger partial charge in [-0.1, -0.05) is 35.3 Å². The summed E-state index contributed by atoms with van der Waals surface area (Å²) in [6, 6.07) is 10.6. The molecule has 0 amide bonds. The molecule has 0 fully saturated rings. The molecule has 0 saturated heterocycles. The number of ether oxygens (including phenoxy) is 3. The zero-order chi connectivity index (χ0) is 27.5. The lowest BCUT2D eigenvalue weighted by molar-refractivity contribution is 0.0167. The monoisotopic (exact) mass is 587 g/mol. The second-order valence-electron chi connectivity index (χ2n) is 8.85. The van der Waals surface area contributed by atoms with E-state index in [1.54, 1.807) is 18.2 Å². The lowest BCUT2D eigenvalue weighted by atomic mass is 9.85. The molecular formula is C25H35Cl2N5O5S. The first-order valence-corrected chi connectivity index (χ1v) is 14.5. The van der Waals surface area contributed by atoms with Gasteiger partial charge in [0.2, 0.25) is 10.0 Å². The van der Waals surface area contributed by atoms with Gasteiger partial charge in [-0.3, -0.25) is 5.41 Å². The summed E-state index contributed by atoms with van der Waals surface area (Å²) in [5.74, 6) is -0.0515. The van der Waals surface area contributed by atoms with Crippen molar-refractivity contribution in [3.05, 3.63) is 63.1 Å². The van der Waals surface area contributed by atoms with E-state index in [1.165, 1.54) is 0 Å². The van der Waals surface area contributed by atoms with E-state index in [9.17, 15) is 8.42 Å². The van der Waals surface area contributed by atoms with Gasteiger partial charge < -0.3 is 30.2 Å². The fourth-order valence-corrected chi connectivity index (χ4v) is 5.72. The minimum atomic E-state index is -3.67. The molecule has 10 nitrogen and oxygen atoms in total. The van der Waals surface area contributed by atoms with Crippen LogP contribution in [0.1, 0.15) is 22.6 Å². The van der Waals surface area contributed by atoms with Gasteiger partial charge in [-0.05, 0) is 48.0 Å². The first-order chi connectivity index (χ1) is 18.2. The first-order valence-electron chi connectivity index (χ1n) is 12.2. The molecule has 38 heavy (non-hydrogen) atoms. The third-order valence-electron chi connectivity index (χ3n) is 5.93. The van der Waals surface area contributed by atoms with Crippen LogP contribution in [0.25, 0.3) is 0 Å². The van der Waals surface area contributed by atoms with Crippen LogP contribution in [0, 0.1) is 5.41 Å². The summed E-state index contributed by atoms with van der Waals surface area (Å²) < 4.78 is 44.1. The molecule has 13 heteroatoms. The van der Waals surface area contributed by atoms with E-state index in [-0.39, 0.29) is 29.9 Å². The second-order valence-corrected chi connectivity index (χ2v) is 11.5. The van der Waals surface area contributed by atoms with Crippen molar-refractivity contribution in [3.63, 3.8) is 0 Å². The maximum absolute atomic E-state index is 12.7. The van der Waals surface area contributed by atoms with E-state index in [4.69, 9.17) is 48.6 Å². The highest BCUT2D eigenvalue weighted by Crippen LogP contribution is 2.38. The molecule has 2 aromatic rings. The Balaban J connectivity index is 1.39. The van der Waals surface area contributed by atoms with E-state index in [0.29, 0.717) is 49.6 Å². The van der Waals surface area contributed by atoms with Crippen LogP contribution in [-0.4, -0.2) is 85.6 Å². The minimum absolute atomic E-state index is 0.0376. The van der Waals surface area contributed by atoms with Crippen molar-refractivity contribution in [1.29, 1.82) is 5.41 Å². The summed E-state index contributed by atoms with van der Waals surface area (Å²) in [5, 5.41) is 10.9. The van der Waals surface area contributed by atoms with Crippen LogP contribution in [0.2, 0.25) is 10.0 Å². The highest BCUT2D eigenvalue weighted by molar-refractivity contribution is 7.89. The molecule has 1 aliphatic rings. The number of hydrogen-bond acceptors (Lipinski definition) is 7. The van der Waals surface area contributed by atoms with Crippen LogP contribution in [0.5, 0.6) is 0 Å². The van der Waals surface area contributed by atoms with E-state index >= 15 is 0 Å². The van der Waals surface area contributed by atoms with Crippen LogP contribution in [0.15, 0.2) is 41.3 Å². The predicted octanol–water partition coefficient (Wildman–Crippen LogP) is 2.38. The number of nitrogens with zero attached hydrogens (tertiary/aromatic N) is 1. The average Bonchev–Trinajstić information content (AvgIpc) is 2.87. The van der Waals surface area contributed by atoms with Crippen molar-refractivity contribution in [1.82, 2.24) is 14.9 Å². The van der Waals surface area contributed by atoms with Gasteiger partial charge in [-0.15, -0.1) is 0 Å². The van der Waals surface area contributed by atoms with Crippen molar-refractivity contribution in [2.24, 2.45) is 5.73 Å². The first kappa shape index (κ1) is 30.6. The Hall–Kier alpha value is -1.96. The highest BCUT2D eigenvalue weighted by atomic mass is 35.5. The Bertz CT molecular complexity index is 1170. The van der Waals surface area contributed by atoms with Crippen LogP contribution < -0.4 is 15.8 Å². The molecule has 1 unspecified atom stereocenters. The van der Waals surface area contributed by atoms with Gasteiger partial charge in [-0.2, -0.15) is 0 Å². The van der Waals surface area contributed by atoms with Crippen LogP contribution in [0.3, 0.4) is 0 Å². The highest BCUT2D eigenvalue weighted by Gasteiger charge is 2.27. The molecule has 2 aromatic carbocycles. The Labute approximate surface area is 234 Å². The van der Waals surface area contributed by atoms with Crippen molar-refractivity contribution in [3.8, 4) is 0 Å². The number of benzene rings is 2. The van der Waals surface area contributed by atoms with Gasteiger partial charge in [-0.25, -0.2) is 13.1 Å². The second kappa shape index (κ2) is 15.0. The van der Waals surface area contributed by atoms with Crippen molar-refractivity contribution in [2.75, 3.05) is 66.3 Å². The topological polar surface area (TPSA) is 139 Å². The third kappa shape index (κ3) is 9.35. The van der Waals surface area contributed by atoms with Gasteiger partial charge in [0.15, 0.2) is 5.96 Å². The minimum Gasteiger partial charge on any atom is -0.378 e. The van der Waals surface area contributed by atoms with Crippen molar-refractivity contribution in [2.45, 2.75) is 17.4 Å². The largest absolute Gasteiger partial charge is 0.378 e. The molecule has 5 N–H and O–H groups in total. The van der Waals surface area contributed by atoms with Gasteiger partial charge in [0.25, 0.3) is 0 Å². The standard InChI is InChI=1S/C25H35Cl2N5O5S/c1-32-16-22(21-14-19(26)15-24(27)23(21)17-32)18-2-4-20(5-3-18)38(33,34)31-7-9-36-11-13-37-12-10-35-8-6-30-25(28)29/h2-5,14-15,22,31H,6-13,16-17H2,1H3,(H4,28,29,30). The number of rotatable bonds is 15. The van der Waals surface area contributed by atoms with Crippen LogP contribution in [-0.2, 0) is 30.8 Å². The zero-order valence-corrected chi connectivity index (χ0v) is 23.7. The summed E-state index contributed by atoms with van der Waals surface area (Å²) in [4.78, 5) is 2.38. The molecule has 210 valence electrons. The summed E-state index contributed by atoms with van der Waals surface area (Å²) in [6.07, 6.45) is 0. The SMILES string of the molecule is CN1Cc2c(Cl)cc(Cl)cc2C(c2ccc(S(=O)(=O)NCCOCCOCCOCCNC(=N)N)cc2)C1. The fourth-order valence-electron chi connectivity index (χ4n) is 4.14. The number of guanidine groups is 1. The number of nitrogens with two attached hydrogens (primary N) is 1. The summed E-state index contributed by atoms with van der Waals surface area (Å²) >= 11 is 12.7. The number of hydrogen-bond donors (Lipinski definition) is 4. The van der Waals surface area contributed by atoms with E-state index in [2.05, 4.69) is 14.9 Å². The van der Waals surface area contributed by atoms with E-state index in [1.807, 2.05) is 25.2 Å². The van der Waals surface area contributed by atoms with Crippen molar-refractivity contribution >= 4 is 39.2 Å². The number of likely N-dealkylation sites (N-methyl/N-ethyl adjacent to an activating group) is 1. The molecule has 0 saturated carbocycles. The summed E-state index contributed by atoms with van der Waals surface area (Å²) in [5.41, 5.74) is 8.28. The lowest BCUT2D eigenvalue weighted by Gasteiger charge is -2.33. The van der Waals surface area contributed by atoms with E-state index < -0.39 is 10.0 Å². The third-order valence-corrected chi connectivity index (χ3v) is 7.96. The van der Waals surface area contributed by atoms with E-state index in [0.717, 1.165) is 29.8 Å². The van der Waals surface area contributed by atoms with Gasteiger partial charge in [0, 0.05) is 42.1 Å². The number of halogens is 2. The lowest BCUT2D eigenvalue weighted by Crippen LogP contribution is -2.33. The molecular weight excluding hydrogens is 553 g/mol. The quantitative estimate of drug-likeness (QED) is 0.141. The fraction of sp³-hybridized carbons (Fsp3) is 0.480. The predicted molar refractivity (Wildman–Crippen MR) is 149 cm³/mol. The molecule has 3 rings (SSSR count). The van der Waals surface area contributed by atoms with Gasteiger partial charge in [0.05, 0.1) is 44.5 Å². The number of nitrogens with one attached hydrogen (secondary N) is 3. The molecule has 0 spiro atoms. The maximum Gasteiger partial charge on any atom is 0.240 e. The van der Waals surface area contributed by atoms with Crippen LogP contribution >= 0.6 is 23.2 Å². The molecule has 0 aliphatic carbocycles. The average molecular weight is 589 g/mol. The van der Waals surface area contributed by atoms with Crippen molar-refractivity contribution < 1.29 is 22.6 Å². The Morgan fingerprint density at radius 3 is 2.26 bits per heavy atom. The molecule has 1 heterocycles. The zero-order valence-electron chi connectivity index (χ0n) is 21.3. The molecule has 1 aliphatic heterocycles. The van der Waals surface area contributed by atoms with Crippen LogP contribution in [0.4, 0.5) is 0 Å². The molecule has 0 aromatic heterocycles. The molecule has 1 atom stereocenters. The maximum atomic E-state index is 12.7. The number of sulfonamides is 1.